The Morgan fingerprint density at radius 1 is 1.09 bits per heavy atom. The topological polar surface area (TPSA) is 63.7 Å². The van der Waals surface area contributed by atoms with Gasteiger partial charge in [0.05, 0.1) is 12.0 Å². The third-order valence-corrected chi connectivity index (χ3v) is 5.99. The first-order valence-electron chi connectivity index (χ1n) is 6.80. The SMILES string of the molecule is COC(=O)CN(Cc1ccccc1)S(=O)(=O)c1ccccc1Br. The van der Waals surface area contributed by atoms with Crippen molar-refractivity contribution in [2.24, 2.45) is 0 Å². The van der Waals surface area contributed by atoms with E-state index in [2.05, 4.69) is 20.7 Å². The minimum Gasteiger partial charge on any atom is -0.468 e. The zero-order valence-electron chi connectivity index (χ0n) is 12.5. The van der Waals surface area contributed by atoms with Crippen molar-refractivity contribution in [3.05, 3.63) is 64.6 Å². The van der Waals surface area contributed by atoms with Crippen molar-refractivity contribution < 1.29 is 17.9 Å². The summed E-state index contributed by atoms with van der Waals surface area (Å²) < 4.78 is 32.0. The van der Waals surface area contributed by atoms with Crippen LogP contribution in [0.5, 0.6) is 0 Å². The van der Waals surface area contributed by atoms with Gasteiger partial charge in [-0.1, -0.05) is 42.5 Å². The van der Waals surface area contributed by atoms with Gasteiger partial charge in [0.2, 0.25) is 10.0 Å². The average molecular weight is 398 g/mol. The van der Waals surface area contributed by atoms with Gasteiger partial charge in [-0.05, 0) is 33.6 Å². The Kier molecular flexibility index (Phi) is 5.92. The van der Waals surface area contributed by atoms with E-state index in [-0.39, 0.29) is 18.0 Å². The average Bonchev–Trinajstić information content (AvgIpc) is 2.55. The molecule has 0 heterocycles. The van der Waals surface area contributed by atoms with Crippen molar-refractivity contribution in [3.8, 4) is 0 Å². The van der Waals surface area contributed by atoms with Gasteiger partial charge in [0.15, 0.2) is 0 Å². The monoisotopic (exact) mass is 397 g/mol. The Balaban J connectivity index is 2.40. The van der Waals surface area contributed by atoms with Crippen LogP contribution in [0.15, 0.2) is 64.0 Å². The molecule has 0 unspecified atom stereocenters. The molecule has 0 radical (unpaired) electrons. The Bertz CT molecular complexity index is 778. The van der Waals surface area contributed by atoms with Crippen LogP contribution in [0.1, 0.15) is 5.56 Å². The number of carbonyl (C=O) groups is 1. The Morgan fingerprint density at radius 3 is 2.30 bits per heavy atom. The first-order chi connectivity index (χ1) is 10.9. The molecule has 122 valence electrons. The fraction of sp³-hybridized carbons (Fsp3) is 0.188. The molecule has 0 aliphatic rings. The molecule has 0 fully saturated rings. The summed E-state index contributed by atoms with van der Waals surface area (Å²) in [5.41, 5.74) is 0.784. The van der Waals surface area contributed by atoms with Crippen LogP contribution in [0.4, 0.5) is 0 Å². The minimum atomic E-state index is -3.85. The van der Waals surface area contributed by atoms with E-state index in [1.807, 2.05) is 18.2 Å². The summed E-state index contributed by atoms with van der Waals surface area (Å²) in [4.78, 5) is 11.7. The molecule has 0 aliphatic heterocycles. The highest BCUT2D eigenvalue weighted by Crippen LogP contribution is 2.25. The van der Waals surface area contributed by atoms with Gasteiger partial charge >= 0.3 is 5.97 Å². The molecule has 0 amide bonds. The second-order valence-corrected chi connectivity index (χ2v) is 7.53. The summed E-state index contributed by atoms with van der Waals surface area (Å²) in [5.74, 6) is -0.614. The molecule has 7 heteroatoms. The summed E-state index contributed by atoms with van der Waals surface area (Å²) in [6.45, 7) is -0.269. The highest BCUT2D eigenvalue weighted by Gasteiger charge is 2.28. The van der Waals surface area contributed by atoms with Gasteiger partial charge in [0.25, 0.3) is 0 Å². The Morgan fingerprint density at radius 2 is 1.70 bits per heavy atom. The first kappa shape index (κ1) is 17.7. The molecular weight excluding hydrogens is 382 g/mol. The standard InChI is InChI=1S/C16H16BrNO4S/c1-22-16(19)12-18(11-13-7-3-2-4-8-13)23(20,21)15-10-6-5-9-14(15)17/h2-10H,11-12H2,1H3. The van der Waals surface area contributed by atoms with E-state index >= 15 is 0 Å². The molecule has 0 aromatic heterocycles. The maximum Gasteiger partial charge on any atom is 0.321 e. The molecule has 0 saturated heterocycles. The number of hydrogen-bond donors (Lipinski definition) is 0. The molecule has 2 aromatic rings. The highest BCUT2D eigenvalue weighted by atomic mass is 79.9. The van der Waals surface area contributed by atoms with Crippen LogP contribution in [0.25, 0.3) is 0 Å². The van der Waals surface area contributed by atoms with Crippen molar-refractivity contribution in [1.29, 1.82) is 0 Å². The number of esters is 1. The van der Waals surface area contributed by atoms with Crippen LogP contribution in [-0.4, -0.2) is 32.3 Å². The summed E-state index contributed by atoms with van der Waals surface area (Å²) in [6, 6.07) is 15.6. The van der Waals surface area contributed by atoms with Gasteiger partial charge < -0.3 is 4.74 Å². The largest absolute Gasteiger partial charge is 0.468 e. The number of sulfonamides is 1. The van der Waals surface area contributed by atoms with Gasteiger partial charge in [0, 0.05) is 11.0 Å². The maximum atomic E-state index is 12.9. The molecule has 0 spiro atoms. The lowest BCUT2D eigenvalue weighted by molar-refractivity contribution is -0.140. The van der Waals surface area contributed by atoms with Crippen molar-refractivity contribution in [2.45, 2.75) is 11.4 Å². The van der Waals surface area contributed by atoms with Crippen molar-refractivity contribution in [3.63, 3.8) is 0 Å². The number of rotatable bonds is 6. The van der Waals surface area contributed by atoms with E-state index in [0.717, 1.165) is 9.87 Å². The van der Waals surface area contributed by atoms with E-state index in [1.165, 1.54) is 13.2 Å². The fourth-order valence-electron chi connectivity index (χ4n) is 2.01. The van der Waals surface area contributed by atoms with Gasteiger partial charge in [0.1, 0.15) is 6.54 Å². The van der Waals surface area contributed by atoms with Crippen molar-refractivity contribution in [2.75, 3.05) is 13.7 Å². The lowest BCUT2D eigenvalue weighted by atomic mass is 10.2. The quantitative estimate of drug-likeness (QED) is 0.702. The normalized spacial score (nSPS) is 11.4. The van der Waals surface area contributed by atoms with Crippen molar-refractivity contribution >= 4 is 31.9 Å². The number of ether oxygens (including phenoxy) is 1. The van der Waals surface area contributed by atoms with Crippen LogP contribution >= 0.6 is 15.9 Å². The first-order valence-corrected chi connectivity index (χ1v) is 9.04. The Labute approximate surface area is 144 Å². The number of methoxy groups -OCH3 is 1. The van der Waals surface area contributed by atoms with Gasteiger partial charge in [-0.2, -0.15) is 4.31 Å². The summed E-state index contributed by atoms with van der Waals surface area (Å²) in [6.07, 6.45) is 0. The van der Waals surface area contributed by atoms with Gasteiger partial charge in [-0.25, -0.2) is 8.42 Å². The van der Waals surface area contributed by atoms with Crippen LogP contribution in [0, 0.1) is 0 Å². The van der Waals surface area contributed by atoms with Crippen molar-refractivity contribution in [1.82, 2.24) is 4.31 Å². The van der Waals surface area contributed by atoms with E-state index in [4.69, 9.17) is 0 Å². The summed E-state index contributed by atoms with van der Waals surface area (Å²) in [7, 11) is -2.62. The zero-order chi connectivity index (χ0) is 16.9. The van der Waals surface area contributed by atoms with E-state index in [1.54, 1.807) is 30.3 Å². The molecule has 5 nitrogen and oxygen atoms in total. The predicted octanol–water partition coefficient (Wildman–Crippen LogP) is 2.81. The lowest BCUT2D eigenvalue weighted by Gasteiger charge is -2.21. The van der Waals surface area contributed by atoms with E-state index in [9.17, 15) is 13.2 Å². The third kappa shape index (κ3) is 4.40. The van der Waals surface area contributed by atoms with Crippen LogP contribution < -0.4 is 0 Å². The molecule has 0 aliphatic carbocycles. The van der Waals surface area contributed by atoms with Crippen LogP contribution in [0.3, 0.4) is 0 Å². The summed E-state index contributed by atoms with van der Waals surface area (Å²) >= 11 is 3.25. The third-order valence-electron chi connectivity index (χ3n) is 3.19. The number of hydrogen-bond acceptors (Lipinski definition) is 4. The molecule has 0 N–H and O–H groups in total. The van der Waals surface area contributed by atoms with Gasteiger partial charge in [-0.3, -0.25) is 4.79 Å². The molecule has 23 heavy (non-hydrogen) atoms. The highest BCUT2D eigenvalue weighted by molar-refractivity contribution is 9.10. The van der Waals surface area contributed by atoms with E-state index < -0.39 is 16.0 Å². The van der Waals surface area contributed by atoms with Gasteiger partial charge in [-0.15, -0.1) is 0 Å². The predicted molar refractivity (Wildman–Crippen MR) is 90.2 cm³/mol. The molecule has 2 rings (SSSR count). The molecular formula is C16H16BrNO4S. The second kappa shape index (κ2) is 7.72. The molecule has 0 saturated carbocycles. The minimum absolute atomic E-state index is 0.0829. The number of halogens is 1. The molecule has 0 atom stereocenters. The summed E-state index contributed by atoms with van der Waals surface area (Å²) in [5, 5.41) is 0. The Hall–Kier alpha value is -1.70. The fourth-order valence-corrected chi connectivity index (χ4v) is 4.35. The molecule has 0 bridgehead atoms. The lowest BCUT2D eigenvalue weighted by Crippen LogP contribution is -2.36. The second-order valence-electron chi connectivity index (χ2n) is 4.77. The maximum absolute atomic E-state index is 12.9. The smallest absolute Gasteiger partial charge is 0.321 e. The zero-order valence-corrected chi connectivity index (χ0v) is 14.9. The molecule has 2 aromatic carbocycles. The number of carbonyl (C=O) groups excluding carboxylic acids is 1. The number of nitrogens with zero attached hydrogens (tertiary/aromatic N) is 1. The van der Waals surface area contributed by atoms with E-state index in [0.29, 0.717) is 4.47 Å². The number of benzene rings is 2. The van der Waals surface area contributed by atoms with Crippen LogP contribution in [-0.2, 0) is 26.1 Å². The van der Waals surface area contributed by atoms with Crippen LogP contribution in [0.2, 0.25) is 0 Å².